The van der Waals surface area contributed by atoms with E-state index in [1.165, 1.54) is 0 Å². The summed E-state index contributed by atoms with van der Waals surface area (Å²) in [7, 11) is 0. The summed E-state index contributed by atoms with van der Waals surface area (Å²) in [6, 6.07) is 6.96. The van der Waals surface area contributed by atoms with Gasteiger partial charge in [-0.25, -0.2) is 9.97 Å². The lowest BCUT2D eigenvalue weighted by Crippen LogP contribution is -1.97. The fraction of sp³-hybridized carbons (Fsp3) is 0.167. The number of hydrogen-bond acceptors (Lipinski definition) is 3. The minimum atomic E-state index is 0.253. The molecule has 0 aliphatic rings. The van der Waals surface area contributed by atoms with Crippen LogP contribution in [0.25, 0.3) is 0 Å². The molecular formula is C12H10Cl2N2O. The Hall–Kier alpha value is -1.32. The van der Waals surface area contributed by atoms with Crippen LogP contribution in [0.15, 0.2) is 24.3 Å². The Morgan fingerprint density at radius 2 is 1.53 bits per heavy atom. The van der Waals surface area contributed by atoms with E-state index in [9.17, 15) is 0 Å². The third-order valence-electron chi connectivity index (χ3n) is 2.26. The summed E-state index contributed by atoms with van der Waals surface area (Å²) in [5.74, 6) is 0.922. The van der Waals surface area contributed by atoms with Crippen LogP contribution >= 0.6 is 23.2 Å². The first-order valence-electron chi connectivity index (χ1n) is 5.00. The van der Waals surface area contributed by atoms with Gasteiger partial charge in [0.05, 0.1) is 11.4 Å². The van der Waals surface area contributed by atoms with Gasteiger partial charge in [0.2, 0.25) is 0 Å². The van der Waals surface area contributed by atoms with E-state index in [0.29, 0.717) is 16.7 Å². The van der Waals surface area contributed by atoms with E-state index >= 15 is 0 Å². The van der Waals surface area contributed by atoms with Gasteiger partial charge in [-0.1, -0.05) is 23.2 Å². The zero-order chi connectivity index (χ0) is 12.4. The molecule has 0 amide bonds. The Kier molecular flexibility index (Phi) is 3.50. The van der Waals surface area contributed by atoms with Crippen LogP contribution in [0.1, 0.15) is 11.4 Å². The van der Waals surface area contributed by atoms with Crippen molar-refractivity contribution in [1.29, 1.82) is 0 Å². The van der Waals surface area contributed by atoms with Gasteiger partial charge in [0.25, 0.3) is 5.88 Å². The Morgan fingerprint density at radius 3 is 2.18 bits per heavy atom. The van der Waals surface area contributed by atoms with Gasteiger partial charge in [-0.3, -0.25) is 0 Å². The highest BCUT2D eigenvalue weighted by atomic mass is 35.5. The number of halogens is 2. The smallest absolute Gasteiger partial charge is 0.257 e. The summed E-state index contributed by atoms with van der Waals surface area (Å²) in [5, 5.41) is 0.901. The van der Waals surface area contributed by atoms with Crippen LogP contribution < -0.4 is 4.74 Å². The van der Waals surface area contributed by atoms with Crippen molar-refractivity contribution in [3.63, 3.8) is 0 Å². The first-order valence-corrected chi connectivity index (χ1v) is 5.76. The predicted molar refractivity (Wildman–Crippen MR) is 68.0 cm³/mol. The summed E-state index contributed by atoms with van der Waals surface area (Å²) in [5.41, 5.74) is 1.58. The normalized spacial score (nSPS) is 10.4. The fourth-order valence-electron chi connectivity index (χ4n) is 1.23. The summed E-state index contributed by atoms with van der Waals surface area (Å²) >= 11 is 11.7. The summed E-state index contributed by atoms with van der Waals surface area (Å²) in [4.78, 5) is 8.38. The van der Waals surface area contributed by atoms with Crippen LogP contribution in [0, 0.1) is 13.8 Å². The predicted octanol–water partition coefficient (Wildman–Crippen LogP) is 4.19. The minimum absolute atomic E-state index is 0.253. The lowest BCUT2D eigenvalue weighted by Gasteiger charge is -2.08. The quantitative estimate of drug-likeness (QED) is 0.819. The molecule has 88 valence electrons. The van der Waals surface area contributed by atoms with E-state index in [2.05, 4.69) is 9.97 Å². The van der Waals surface area contributed by atoms with Gasteiger partial charge in [0.1, 0.15) is 5.75 Å². The van der Waals surface area contributed by atoms with Crippen LogP contribution in [0.2, 0.25) is 10.2 Å². The molecule has 1 heterocycles. The molecule has 1 aromatic heterocycles. The molecule has 0 saturated heterocycles. The molecule has 0 unspecified atom stereocenters. The second-order valence-electron chi connectivity index (χ2n) is 3.55. The van der Waals surface area contributed by atoms with Gasteiger partial charge in [0, 0.05) is 5.02 Å². The third-order valence-corrected chi connectivity index (χ3v) is 2.76. The molecule has 0 spiro atoms. The first-order chi connectivity index (χ1) is 8.06. The maximum absolute atomic E-state index is 5.96. The molecule has 0 bridgehead atoms. The summed E-state index contributed by atoms with van der Waals surface area (Å²) < 4.78 is 5.54. The monoisotopic (exact) mass is 268 g/mol. The molecule has 0 N–H and O–H groups in total. The van der Waals surface area contributed by atoms with E-state index in [1.54, 1.807) is 24.3 Å². The average molecular weight is 269 g/mol. The second kappa shape index (κ2) is 4.90. The number of nitrogens with zero attached hydrogens (tertiary/aromatic N) is 2. The molecule has 0 saturated carbocycles. The van der Waals surface area contributed by atoms with Crippen molar-refractivity contribution in [3.05, 3.63) is 45.8 Å². The van der Waals surface area contributed by atoms with E-state index in [1.807, 2.05) is 13.8 Å². The highest BCUT2D eigenvalue weighted by Gasteiger charge is 2.09. The largest absolute Gasteiger partial charge is 0.436 e. The highest BCUT2D eigenvalue weighted by Crippen LogP contribution is 2.27. The van der Waals surface area contributed by atoms with Crippen molar-refractivity contribution in [3.8, 4) is 11.6 Å². The molecular weight excluding hydrogens is 259 g/mol. The van der Waals surface area contributed by atoms with E-state index in [-0.39, 0.29) is 5.15 Å². The van der Waals surface area contributed by atoms with Gasteiger partial charge in [-0.05, 0) is 38.1 Å². The maximum atomic E-state index is 5.96. The summed E-state index contributed by atoms with van der Waals surface area (Å²) in [6.45, 7) is 3.70. The standard InChI is InChI=1S/C12H10Cl2N2O/c1-7-8(2)16-12(11(14)15-7)17-10-5-3-9(13)4-6-10/h3-6H,1-2H3. The van der Waals surface area contributed by atoms with Crippen molar-refractivity contribution in [2.24, 2.45) is 0 Å². The number of rotatable bonds is 2. The fourth-order valence-corrected chi connectivity index (χ4v) is 1.57. The van der Waals surface area contributed by atoms with E-state index < -0.39 is 0 Å². The molecule has 5 heteroatoms. The lowest BCUT2D eigenvalue weighted by molar-refractivity contribution is 0.458. The second-order valence-corrected chi connectivity index (χ2v) is 4.34. The molecule has 0 fully saturated rings. The van der Waals surface area contributed by atoms with Crippen molar-refractivity contribution in [2.75, 3.05) is 0 Å². The van der Waals surface area contributed by atoms with Gasteiger partial charge >= 0.3 is 0 Å². The zero-order valence-corrected chi connectivity index (χ0v) is 10.9. The van der Waals surface area contributed by atoms with Crippen LogP contribution in [0.4, 0.5) is 0 Å². The molecule has 0 atom stereocenters. The molecule has 2 rings (SSSR count). The highest BCUT2D eigenvalue weighted by molar-refractivity contribution is 6.31. The van der Waals surface area contributed by atoms with Crippen LogP contribution in [-0.4, -0.2) is 9.97 Å². The number of aryl methyl sites for hydroxylation is 2. The molecule has 0 aliphatic heterocycles. The van der Waals surface area contributed by atoms with Crippen LogP contribution in [0.5, 0.6) is 11.6 Å². The topological polar surface area (TPSA) is 35.0 Å². The van der Waals surface area contributed by atoms with Crippen molar-refractivity contribution < 1.29 is 4.74 Å². The summed E-state index contributed by atoms with van der Waals surface area (Å²) in [6.07, 6.45) is 0. The molecule has 0 aliphatic carbocycles. The first kappa shape index (κ1) is 12.1. The molecule has 3 nitrogen and oxygen atoms in total. The van der Waals surface area contributed by atoms with Crippen LogP contribution in [0.3, 0.4) is 0 Å². The lowest BCUT2D eigenvalue weighted by atomic mass is 10.3. The van der Waals surface area contributed by atoms with Crippen molar-refractivity contribution in [2.45, 2.75) is 13.8 Å². The molecule has 1 aromatic carbocycles. The zero-order valence-electron chi connectivity index (χ0n) is 9.37. The number of hydrogen-bond donors (Lipinski definition) is 0. The average Bonchev–Trinajstić information content (AvgIpc) is 2.29. The van der Waals surface area contributed by atoms with E-state index in [0.717, 1.165) is 11.4 Å². The van der Waals surface area contributed by atoms with Crippen molar-refractivity contribution >= 4 is 23.2 Å². The van der Waals surface area contributed by atoms with Crippen LogP contribution in [-0.2, 0) is 0 Å². The van der Waals surface area contributed by atoms with Crippen molar-refractivity contribution in [1.82, 2.24) is 9.97 Å². The minimum Gasteiger partial charge on any atom is -0.436 e. The van der Waals surface area contributed by atoms with Gasteiger partial charge in [0.15, 0.2) is 5.15 Å². The molecule has 2 aromatic rings. The number of ether oxygens (including phenoxy) is 1. The molecule has 0 radical (unpaired) electrons. The Balaban J connectivity index is 2.30. The Labute approximate surface area is 109 Å². The number of benzene rings is 1. The Bertz CT molecular complexity index is 541. The maximum Gasteiger partial charge on any atom is 0.257 e. The van der Waals surface area contributed by atoms with Gasteiger partial charge < -0.3 is 4.74 Å². The van der Waals surface area contributed by atoms with Gasteiger partial charge in [-0.15, -0.1) is 0 Å². The van der Waals surface area contributed by atoms with E-state index in [4.69, 9.17) is 27.9 Å². The molecule has 17 heavy (non-hydrogen) atoms. The SMILES string of the molecule is Cc1nc(Cl)c(Oc2ccc(Cl)cc2)nc1C. The van der Waals surface area contributed by atoms with Gasteiger partial charge in [-0.2, -0.15) is 0 Å². The number of aromatic nitrogens is 2. The Morgan fingerprint density at radius 1 is 0.941 bits per heavy atom. The third kappa shape index (κ3) is 2.87.